The van der Waals surface area contributed by atoms with Gasteiger partial charge in [0.25, 0.3) is 12.4 Å². The molecule has 14 nitrogen and oxygen atoms in total. The lowest BCUT2D eigenvalue weighted by atomic mass is 10.0. The van der Waals surface area contributed by atoms with Gasteiger partial charge >= 0.3 is 6.18 Å². The topological polar surface area (TPSA) is 199 Å². The Morgan fingerprint density at radius 2 is 1.93 bits per heavy atom. The second kappa shape index (κ2) is 14.0. The van der Waals surface area contributed by atoms with Gasteiger partial charge in [0.2, 0.25) is 5.91 Å². The first-order valence-corrected chi connectivity index (χ1v) is 13.5. The highest BCUT2D eigenvalue weighted by atomic mass is 19.4. The van der Waals surface area contributed by atoms with Gasteiger partial charge in [-0.15, -0.1) is 0 Å². The molecule has 5 rings (SSSR count). The molecule has 17 heteroatoms. The van der Waals surface area contributed by atoms with Crippen LogP contribution in [0.1, 0.15) is 35.0 Å². The SMILES string of the molecule is CCc1cc(Nc2nccn3c(-c4cn[nH]c4C(F)(F)F)cnc23)ccc1C(=O)NCCNC(=O)[C@@H]1C[C@@H](O)CN1.O=CO. The number of nitrogens with zero attached hydrogens (tertiary/aromatic N) is 4. The van der Waals surface area contributed by atoms with Gasteiger partial charge in [-0.3, -0.25) is 23.9 Å². The summed E-state index contributed by atoms with van der Waals surface area (Å²) in [6, 6.07) is 4.71. The van der Waals surface area contributed by atoms with Crippen molar-refractivity contribution in [2.45, 2.75) is 38.1 Å². The third kappa shape index (κ3) is 7.30. The molecule has 0 radical (unpaired) electrons. The van der Waals surface area contributed by atoms with Crippen LogP contribution in [0.15, 0.2) is 43.0 Å². The number of benzene rings is 1. The maximum Gasteiger partial charge on any atom is 0.433 e. The second-order valence-corrected chi connectivity index (χ2v) is 9.62. The highest BCUT2D eigenvalue weighted by molar-refractivity contribution is 5.96. The van der Waals surface area contributed by atoms with E-state index in [9.17, 15) is 27.9 Å². The fourth-order valence-corrected chi connectivity index (χ4v) is 4.72. The predicted octanol–water partition coefficient (Wildman–Crippen LogP) is 1.71. The zero-order valence-electron chi connectivity index (χ0n) is 23.4. The summed E-state index contributed by atoms with van der Waals surface area (Å²) in [4.78, 5) is 41.9. The average molecular weight is 618 g/mol. The Morgan fingerprint density at radius 1 is 1.18 bits per heavy atom. The van der Waals surface area contributed by atoms with Crippen LogP contribution in [-0.2, 0) is 22.2 Å². The van der Waals surface area contributed by atoms with Gasteiger partial charge in [0.1, 0.15) is 5.69 Å². The van der Waals surface area contributed by atoms with E-state index in [1.807, 2.05) is 12.0 Å². The van der Waals surface area contributed by atoms with Crippen molar-refractivity contribution in [1.82, 2.24) is 40.5 Å². The maximum absolute atomic E-state index is 13.4. The number of rotatable bonds is 9. The van der Waals surface area contributed by atoms with Crippen LogP contribution in [0.2, 0.25) is 0 Å². The Balaban J connectivity index is 0.00000141. The number of nitrogens with one attached hydrogen (secondary N) is 5. The zero-order chi connectivity index (χ0) is 31.9. The Labute approximate surface area is 248 Å². The van der Waals surface area contributed by atoms with Crippen LogP contribution >= 0.6 is 0 Å². The minimum atomic E-state index is -4.61. The van der Waals surface area contributed by atoms with Gasteiger partial charge in [-0.2, -0.15) is 18.3 Å². The van der Waals surface area contributed by atoms with Crippen LogP contribution in [-0.4, -0.2) is 84.8 Å². The lowest BCUT2D eigenvalue weighted by molar-refractivity contribution is -0.140. The number of carboxylic acid groups (broad SMARTS) is 1. The van der Waals surface area contributed by atoms with Crippen molar-refractivity contribution in [3.63, 3.8) is 0 Å². The van der Waals surface area contributed by atoms with E-state index < -0.39 is 24.0 Å². The first-order chi connectivity index (χ1) is 21.1. The summed E-state index contributed by atoms with van der Waals surface area (Å²) < 4.78 is 41.7. The molecule has 1 aliphatic rings. The number of halogens is 3. The largest absolute Gasteiger partial charge is 0.483 e. The molecule has 1 aromatic carbocycles. The Morgan fingerprint density at radius 3 is 2.61 bits per heavy atom. The molecule has 4 aromatic rings. The number of imidazole rings is 1. The number of aromatic nitrogens is 5. The van der Waals surface area contributed by atoms with Gasteiger partial charge in [0.15, 0.2) is 11.5 Å². The van der Waals surface area contributed by atoms with Crippen molar-refractivity contribution < 1.29 is 37.8 Å². The smallest absolute Gasteiger partial charge is 0.433 e. The third-order valence-corrected chi connectivity index (χ3v) is 6.75. The third-order valence-electron chi connectivity index (χ3n) is 6.75. The van der Waals surface area contributed by atoms with Gasteiger partial charge in [-0.1, -0.05) is 6.92 Å². The summed E-state index contributed by atoms with van der Waals surface area (Å²) in [5.41, 5.74) is 1.23. The lowest BCUT2D eigenvalue weighted by Gasteiger charge is -2.14. The van der Waals surface area contributed by atoms with E-state index in [2.05, 4.69) is 36.3 Å². The highest BCUT2D eigenvalue weighted by Gasteiger charge is 2.36. The molecule has 0 saturated carbocycles. The first-order valence-electron chi connectivity index (χ1n) is 13.5. The first kappa shape index (κ1) is 31.9. The summed E-state index contributed by atoms with van der Waals surface area (Å²) in [6.07, 6.45) is 1.14. The monoisotopic (exact) mass is 617 g/mol. The van der Waals surface area contributed by atoms with Gasteiger partial charge < -0.3 is 31.5 Å². The predicted molar refractivity (Wildman–Crippen MR) is 151 cm³/mol. The molecule has 1 saturated heterocycles. The summed E-state index contributed by atoms with van der Waals surface area (Å²) in [7, 11) is 0. The van der Waals surface area contributed by atoms with Crippen LogP contribution in [0.5, 0.6) is 0 Å². The number of β-amino-alcohol motifs (C(OH)–C–C–N with tert-alkyl or cyclic N) is 1. The van der Waals surface area contributed by atoms with Crippen molar-refractivity contribution >= 4 is 35.4 Å². The van der Waals surface area contributed by atoms with Crippen LogP contribution in [0.3, 0.4) is 0 Å². The van der Waals surface area contributed by atoms with E-state index >= 15 is 0 Å². The zero-order valence-corrected chi connectivity index (χ0v) is 23.4. The number of carbonyl (C=O) groups excluding carboxylic acids is 2. The Bertz CT molecular complexity index is 1620. The van der Waals surface area contributed by atoms with Crippen LogP contribution in [0, 0.1) is 0 Å². The van der Waals surface area contributed by atoms with Crippen molar-refractivity contribution in [3.05, 3.63) is 59.8 Å². The molecular formula is C27H30F3N9O5. The average Bonchev–Trinajstić information content (AvgIpc) is 3.75. The van der Waals surface area contributed by atoms with E-state index in [-0.39, 0.29) is 42.6 Å². The van der Waals surface area contributed by atoms with E-state index in [0.29, 0.717) is 42.1 Å². The number of aliphatic hydroxyl groups is 1. The van der Waals surface area contributed by atoms with Crippen LogP contribution in [0.25, 0.3) is 16.9 Å². The highest BCUT2D eigenvalue weighted by Crippen LogP contribution is 2.36. The quantitative estimate of drug-likeness (QED) is 0.107. The molecular weight excluding hydrogens is 587 g/mol. The second-order valence-electron chi connectivity index (χ2n) is 9.62. The molecule has 2 amide bonds. The molecule has 0 bridgehead atoms. The number of amides is 2. The molecule has 1 aliphatic heterocycles. The number of H-pyrrole nitrogens is 1. The number of aliphatic hydroxyl groups excluding tert-OH is 1. The number of hydrogen-bond donors (Lipinski definition) is 7. The molecule has 3 aromatic heterocycles. The number of aromatic amines is 1. The van der Waals surface area contributed by atoms with E-state index in [0.717, 1.165) is 11.8 Å². The van der Waals surface area contributed by atoms with Gasteiger partial charge in [-0.05, 0) is 36.6 Å². The fourth-order valence-electron chi connectivity index (χ4n) is 4.72. The fraction of sp³-hybridized carbons (Fsp3) is 0.333. The number of fused-ring (bicyclic) bond motifs is 1. The molecule has 44 heavy (non-hydrogen) atoms. The summed E-state index contributed by atoms with van der Waals surface area (Å²) >= 11 is 0. The Hall–Kier alpha value is -5.03. The van der Waals surface area contributed by atoms with Crippen molar-refractivity contribution in [2.75, 3.05) is 25.0 Å². The molecule has 0 aliphatic carbocycles. The van der Waals surface area contributed by atoms with E-state index in [4.69, 9.17) is 9.90 Å². The molecule has 234 valence electrons. The van der Waals surface area contributed by atoms with Gasteiger partial charge in [0, 0.05) is 43.3 Å². The van der Waals surface area contributed by atoms with Crippen LogP contribution < -0.4 is 21.3 Å². The Kier molecular flexibility index (Phi) is 10.1. The summed E-state index contributed by atoms with van der Waals surface area (Å²) in [6.45, 7) is 2.50. The number of aryl methyl sites for hydroxylation is 1. The number of hydrogen-bond acceptors (Lipinski definition) is 9. The van der Waals surface area contributed by atoms with Crippen molar-refractivity contribution in [1.29, 1.82) is 0 Å². The molecule has 1 fully saturated rings. The standard InChI is InChI=1S/C26H28F3N9O3.CH2O2/c1-2-14-9-15(3-4-17(14)24(40)31-5-6-32-25(41)19-10-16(39)11-33-19)36-22-23-34-13-20(38(23)8-7-30-22)18-12-35-37-21(18)26(27,28)29;2-1-3/h3-4,7-9,12-13,16,19,33,39H,2,5-6,10-11H2,1H3,(H,30,36)(H,31,40)(H,32,41)(H,35,37);1H,(H,2,3)/t16-,19+;/m1./s1. The molecule has 7 N–H and O–H groups in total. The minimum absolute atomic E-state index is 0.139. The number of carbonyl (C=O) groups is 3. The van der Waals surface area contributed by atoms with Gasteiger partial charge in [-0.25, -0.2) is 9.97 Å². The van der Waals surface area contributed by atoms with Crippen molar-refractivity contribution in [2.24, 2.45) is 0 Å². The van der Waals surface area contributed by atoms with Gasteiger partial charge in [0.05, 0.1) is 35.8 Å². The number of anilines is 2. The maximum atomic E-state index is 13.4. The summed E-state index contributed by atoms with van der Waals surface area (Å²) in [5, 5.41) is 33.6. The van der Waals surface area contributed by atoms with Crippen molar-refractivity contribution in [3.8, 4) is 11.3 Å². The van der Waals surface area contributed by atoms with Crippen LogP contribution in [0.4, 0.5) is 24.7 Å². The molecule has 4 heterocycles. The normalized spacial score (nSPS) is 16.2. The molecule has 0 spiro atoms. The number of alkyl halides is 3. The molecule has 0 unspecified atom stereocenters. The lowest BCUT2D eigenvalue weighted by Crippen LogP contribution is -2.43. The summed E-state index contributed by atoms with van der Waals surface area (Å²) in [5.74, 6) is -0.204. The minimum Gasteiger partial charge on any atom is -0.483 e. The van der Waals surface area contributed by atoms with E-state index in [1.165, 1.54) is 23.0 Å². The molecule has 2 atom stereocenters. The van der Waals surface area contributed by atoms with E-state index in [1.54, 1.807) is 18.2 Å².